The molecule has 0 saturated heterocycles. The average Bonchev–Trinajstić information content (AvgIpc) is 3.02. The van der Waals surface area contributed by atoms with Gasteiger partial charge in [0.25, 0.3) is 0 Å². The molecule has 0 atom stereocenters. The molecule has 8 heteroatoms. The Hall–Kier alpha value is -2.25. The van der Waals surface area contributed by atoms with E-state index in [1.807, 2.05) is 47.0 Å². The van der Waals surface area contributed by atoms with Crippen LogP contribution in [-0.2, 0) is 22.6 Å². The van der Waals surface area contributed by atoms with Gasteiger partial charge in [-0.2, -0.15) is 0 Å². The number of ether oxygens (including phenoxy) is 2. The summed E-state index contributed by atoms with van der Waals surface area (Å²) in [5, 5.41) is 9.86. The summed E-state index contributed by atoms with van der Waals surface area (Å²) in [7, 11) is 1.64. The second-order valence-electron chi connectivity index (χ2n) is 6.22. The molecule has 2 aromatic carbocycles. The molecule has 0 radical (unpaired) electrons. The number of halogens is 2. The molecule has 1 aliphatic rings. The fourth-order valence-corrected chi connectivity index (χ4v) is 3.54. The molecule has 0 spiro atoms. The molecule has 0 fully saturated rings. The number of aromatic nitrogens is 3. The van der Waals surface area contributed by atoms with Gasteiger partial charge in [0.15, 0.2) is 11.6 Å². The Bertz CT molecular complexity index is 1030. The van der Waals surface area contributed by atoms with Gasteiger partial charge in [0, 0.05) is 28.3 Å². The van der Waals surface area contributed by atoms with Gasteiger partial charge in [-0.3, -0.25) is 9.56 Å². The molecule has 1 aliphatic heterocycles. The van der Waals surface area contributed by atoms with E-state index in [4.69, 9.17) is 37.7 Å². The van der Waals surface area contributed by atoms with E-state index in [2.05, 4.69) is 10.2 Å². The molecule has 0 N–H and O–H groups in total. The van der Waals surface area contributed by atoms with E-state index in [0.717, 1.165) is 28.4 Å². The zero-order valence-corrected chi connectivity index (χ0v) is 16.7. The first-order valence-corrected chi connectivity index (χ1v) is 9.54. The van der Waals surface area contributed by atoms with Crippen molar-refractivity contribution in [3.8, 4) is 5.69 Å². The van der Waals surface area contributed by atoms with Crippen LogP contribution in [0, 0.1) is 0 Å². The molecule has 144 valence electrons. The van der Waals surface area contributed by atoms with E-state index in [9.17, 15) is 0 Å². The number of hydrogen-bond donors (Lipinski definition) is 0. The summed E-state index contributed by atoms with van der Waals surface area (Å²) in [6.07, 6.45) is 0. The molecule has 6 nitrogen and oxygen atoms in total. The van der Waals surface area contributed by atoms with Gasteiger partial charge in [0.05, 0.1) is 24.6 Å². The summed E-state index contributed by atoms with van der Waals surface area (Å²) in [4.78, 5) is 4.79. The average molecular weight is 417 g/mol. The van der Waals surface area contributed by atoms with Gasteiger partial charge in [-0.05, 0) is 24.3 Å². The highest BCUT2D eigenvalue weighted by molar-refractivity contribution is 6.36. The van der Waals surface area contributed by atoms with Crippen molar-refractivity contribution in [2.45, 2.75) is 13.2 Å². The van der Waals surface area contributed by atoms with Crippen LogP contribution in [0.4, 0.5) is 0 Å². The van der Waals surface area contributed by atoms with Crippen LogP contribution in [0.5, 0.6) is 0 Å². The lowest BCUT2D eigenvalue weighted by molar-refractivity contribution is 0.0579. The lowest BCUT2D eigenvalue weighted by Crippen LogP contribution is -2.11. The van der Waals surface area contributed by atoms with Crippen molar-refractivity contribution in [2.24, 2.45) is 4.99 Å². The van der Waals surface area contributed by atoms with Crippen molar-refractivity contribution in [1.82, 2.24) is 14.8 Å². The van der Waals surface area contributed by atoms with E-state index >= 15 is 0 Å². The summed E-state index contributed by atoms with van der Waals surface area (Å²) in [5.74, 6) is 1.43. The minimum absolute atomic E-state index is 0.319. The number of rotatable bonds is 6. The molecule has 2 heterocycles. The Morgan fingerprint density at radius 3 is 2.71 bits per heavy atom. The monoisotopic (exact) mass is 416 g/mol. The summed E-state index contributed by atoms with van der Waals surface area (Å²) >= 11 is 12.8. The fraction of sp³-hybridized carbons (Fsp3) is 0.250. The molecule has 0 unspecified atom stereocenters. The van der Waals surface area contributed by atoms with Crippen LogP contribution in [0.25, 0.3) is 5.69 Å². The van der Waals surface area contributed by atoms with Gasteiger partial charge < -0.3 is 9.47 Å². The van der Waals surface area contributed by atoms with E-state index in [1.165, 1.54) is 0 Å². The van der Waals surface area contributed by atoms with Crippen molar-refractivity contribution in [3.63, 3.8) is 0 Å². The van der Waals surface area contributed by atoms with Gasteiger partial charge in [-0.15, -0.1) is 10.2 Å². The first-order chi connectivity index (χ1) is 13.7. The van der Waals surface area contributed by atoms with Gasteiger partial charge >= 0.3 is 0 Å². The summed E-state index contributed by atoms with van der Waals surface area (Å²) in [6.45, 7) is 1.69. The SMILES string of the molecule is COCCOCc1nnc2n1-c1ccc(Cl)cc1C(c1ccccc1Cl)=NC2. The van der Waals surface area contributed by atoms with Gasteiger partial charge in [0.2, 0.25) is 0 Å². The van der Waals surface area contributed by atoms with E-state index < -0.39 is 0 Å². The van der Waals surface area contributed by atoms with Gasteiger partial charge in [0.1, 0.15) is 13.2 Å². The maximum atomic E-state index is 6.45. The van der Waals surface area contributed by atoms with Crippen LogP contribution in [0.15, 0.2) is 47.5 Å². The molecule has 1 aromatic heterocycles. The normalized spacial score (nSPS) is 12.9. The summed E-state index contributed by atoms with van der Waals surface area (Å²) in [5.41, 5.74) is 3.40. The zero-order chi connectivity index (χ0) is 19.5. The first-order valence-electron chi connectivity index (χ1n) is 8.78. The minimum atomic E-state index is 0.319. The third kappa shape index (κ3) is 3.69. The smallest absolute Gasteiger partial charge is 0.163 e. The Balaban J connectivity index is 1.80. The Kier molecular flexibility index (Phi) is 5.73. The molecule has 0 saturated carbocycles. The van der Waals surface area contributed by atoms with E-state index in [0.29, 0.717) is 42.2 Å². The van der Waals surface area contributed by atoms with Crippen LogP contribution < -0.4 is 0 Å². The Morgan fingerprint density at radius 1 is 1.04 bits per heavy atom. The standard InChI is InChI=1S/C20H18Cl2N4O2/c1-27-8-9-28-12-19-25-24-18-11-23-20(14-4-2-3-5-16(14)22)15-10-13(21)6-7-17(15)26(18)19/h2-7,10H,8-9,11-12H2,1H3. The van der Waals surface area contributed by atoms with Crippen molar-refractivity contribution in [2.75, 3.05) is 20.3 Å². The maximum Gasteiger partial charge on any atom is 0.163 e. The maximum absolute atomic E-state index is 6.45. The topological polar surface area (TPSA) is 61.5 Å². The number of hydrogen-bond acceptors (Lipinski definition) is 5. The predicted octanol–water partition coefficient (Wildman–Crippen LogP) is 4.09. The lowest BCUT2D eigenvalue weighted by Gasteiger charge is -2.14. The molecule has 28 heavy (non-hydrogen) atoms. The number of aliphatic imine (C=N–C) groups is 1. The second-order valence-corrected chi connectivity index (χ2v) is 7.06. The lowest BCUT2D eigenvalue weighted by atomic mass is 10.0. The summed E-state index contributed by atoms with van der Waals surface area (Å²) < 4.78 is 12.7. The van der Waals surface area contributed by atoms with Crippen molar-refractivity contribution >= 4 is 28.9 Å². The van der Waals surface area contributed by atoms with Crippen molar-refractivity contribution in [3.05, 3.63) is 75.3 Å². The highest BCUT2D eigenvalue weighted by Crippen LogP contribution is 2.30. The molecule has 0 bridgehead atoms. The largest absolute Gasteiger partial charge is 0.382 e. The highest BCUT2D eigenvalue weighted by Gasteiger charge is 2.24. The summed E-state index contributed by atoms with van der Waals surface area (Å²) in [6, 6.07) is 13.3. The molecule has 3 aromatic rings. The van der Waals surface area contributed by atoms with Crippen LogP contribution in [0.2, 0.25) is 10.0 Å². The molecular weight excluding hydrogens is 399 g/mol. The van der Waals surface area contributed by atoms with Crippen LogP contribution in [0.3, 0.4) is 0 Å². The first kappa shape index (κ1) is 19.1. The number of fused-ring (bicyclic) bond motifs is 3. The molecular formula is C20H18Cl2N4O2. The molecule has 0 aliphatic carbocycles. The van der Waals surface area contributed by atoms with Crippen LogP contribution >= 0.6 is 23.2 Å². The Labute approximate surface area is 172 Å². The molecule has 0 amide bonds. The highest BCUT2D eigenvalue weighted by atomic mass is 35.5. The van der Waals surface area contributed by atoms with Gasteiger partial charge in [-0.1, -0.05) is 41.4 Å². The Morgan fingerprint density at radius 2 is 1.89 bits per heavy atom. The van der Waals surface area contributed by atoms with Crippen molar-refractivity contribution in [1.29, 1.82) is 0 Å². The van der Waals surface area contributed by atoms with Gasteiger partial charge in [-0.25, -0.2) is 0 Å². The van der Waals surface area contributed by atoms with Crippen LogP contribution in [0.1, 0.15) is 22.8 Å². The third-order valence-corrected chi connectivity index (χ3v) is 4.99. The number of nitrogens with zero attached hydrogens (tertiary/aromatic N) is 4. The quantitative estimate of drug-likeness (QED) is 0.567. The number of benzene rings is 2. The minimum Gasteiger partial charge on any atom is -0.382 e. The van der Waals surface area contributed by atoms with E-state index in [1.54, 1.807) is 7.11 Å². The molecule has 4 rings (SSSR count). The third-order valence-electron chi connectivity index (χ3n) is 4.42. The van der Waals surface area contributed by atoms with E-state index in [-0.39, 0.29) is 0 Å². The van der Waals surface area contributed by atoms with Crippen LogP contribution in [-0.4, -0.2) is 40.8 Å². The van der Waals surface area contributed by atoms with Crippen molar-refractivity contribution < 1.29 is 9.47 Å². The zero-order valence-electron chi connectivity index (χ0n) is 15.2. The fourth-order valence-electron chi connectivity index (χ4n) is 3.14. The second kappa shape index (κ2) is 8.41. The number of methoxy groups -OCH3 is 1. The predicted molar refractivity (Wildman–Crippen MR) is 109 cm³/mol.